The van der Waals surface area contributed by atoms with E-state index in [9.17, 15) is 7.70 Å². The molecule has 0 aromatic rings. The molecular weight excluding hydrogens is 165 g/mol. The molecule has 0 bridgehead atoms. The molecule has 31 valence electrons. The van der Waals surface area contributed by atoms with Crippen molar-refractivity contribution in [1.82, 2.24) is 0 Å². The minimum absolute atomic E-state index is 7.26. The van der Waals surface area contributed by atoms with Crippen LogP contribution >= 0.6 is 0 Å². The van der Waals surface area contributed by atoms with Crippen LogP contribution in [-0.4, -0.2) is 0 Å². The van der Waals surface area contributed by atoms with E-state index in [1.54, 1.807) is 0 Å². The van der Waals surface area contributed by atoms with Crippen LogP contribution in [0.15, 0.2) is 0 Å². The molecule has 0 aliphatic carbocycles. The van der Waals surface area contributed by atoms with Crippen molar-refractivity contribution in [2.75, 3.05) is 0 Å². The Balaban J connectivity index is 3.02. The summed E-state index contributed by atoms with van der Waals surface area (Å²) >= 11 is -7.26. The van der Waals surface area contributed by atoms with E-state index in [0.29, 0.717) is 0 Å². The fraction of sp³-hybridized carbons (Fsp3) is 0. The molecule has 0 rings (SSSR count). The van der Waals surface area contributed by atoms with Crippen molar-refractivity contribution in [3.05, 3.63) is 0 Å². The van der Waals surface area contributed by atoms with E-state index in [2.05, 4.69) is 0 Å². The summed E-state index contributed by atoms with van der Waals surface area (Å²) in [6, 6.07) is 0. The number of rotatable bonds is 0. The van der Waals surface area contributed by atoms with Crippen molar-refractivity contribution in [3.8, 4) is 0 Å². The summed E-state index contributed by atoms with van der Waals surface area (Å²) in [6.45, 7) is 0. The zero-order valence-electron chi connectivity index (χ0n) is 2.09. The third-order valence-electron chi connectivity index (χ3n) is 0. The van der Waals surface area contributed by atoms with Crippen molar-refractivity contribution in [1.29, 1.82) is 0 Å². The quantitative estimate of drug-likeness (QED) is 0.479. The van der Waals surface area contributed by atoms with Crippen LogP contribution in [0.4, 0.5) is 7.70 Å². The van der Waals surface area contributed by atoms with Crippen LogP contribution in [0, 0.1) is 0 Å². The van der Waals surface area contributed by atoms with Gasteiger partial charge in [-0.15, -0.1) is 0 Å². The summed E-state index contributed by atoms with van der Waals surface area (Å²) in [6.07, 6.45) is 0. The summed E-state index contributed by atoms with van der Waals surface area (Å²) in [4.78, 5) is 0. The van der Waals surface area contributed by atoms with Gasteiger partial charge in [0.2, 0.25) is 0 Å². The SMILES string of the molecule is [F][Y]([F])([F])[F]. The average Bonchev–Trinajstić information content (AvgIpc) is 0.722. The van der Waals surface area contributed by atoms with E-state index in [1.165, 1.54) is 0 Å². The van der Waals surface area contributed by atoms with Crippen molar-refractivity contribution in [3.63, 3.8) is 0 Å². The molecule has 0 aliphatic rings. The van der Waals surface area contributed by atoms with Gasteiger partial charge in [0.15, 0.2) is 0 Å². The second-order valence-electron chi connectivity index (χ2n) is 0.495. The van der Waals surface area contributed by atoms with Gasteiger partial charge in [-0.05, 0) is 0 Å². The Labute approximate surface area is 36.4 Å². The Morgan fingerprint density at radius 3 is 0.800 bits per heavy atom. The van der Waals surface area contributed by atoms with Crippen LogP contribution in [0.1, 0.15) is 0 Å². The second-order valence-corrected chi connectivity index (χ2v) is 2.93. The van der Waals surface area contributed by atoms with E-state index in [1.807, 2.05) is 0 Å². The van der Waals surface area contributed by atoms with Crippen molar-refractivity contribution < 1.29 is 36.2 Å². The summed E-state index contributed by atoms with van der Waals surface area (Å²) in [5, 5.41) is 0. The molecule has 0 N–H and O–H groups in total. The standard InChI is InChI=1S/4FH.Y/h4*1H;/q;;;;+4/p-4. The molecule has 0 spiro atoms. The maximum absolute atomic E-state index is 9.91. The van der Waals surface area contributed by atoms with Crippen molar-refractivity contribution in [2.45, 2.75) is 0 Å². The van der Waals surface area contributed by atoms with Gasteiger partial charge in [0, 0.05) is 0 Å². The number of halogens is 4. The average molecular weight is 165 g/mol. The van der Waals surface area contributed by atoms with Gasteiger partial charge >= 0.3 is 36.2 Å². The molecule has 0 fully saturated rings. The zero-order chi connectivity index (χ0) is 4.50. The molecule has 0 amide bonds. The van der Waals surface area contributed by atoms with Crippen molar-refractivity contribution >= 4 is 0 Å². The first kappa shape index (κ1) is 5.82. The van der Waals surface area contributed by atoms with E-state index in [0.717, 1.165) is 0 Å². The van der Waals surface area contributed by atoms with Gasteiger partial charge in [0.1, 0.15) is 0 Å². The second kappa shape index (κ2) is 1.51. The summed E-state index contributed by atoms with van der Waals surface area (Å²) < 4.78 is 39.6. The predicted octanol–water partition coefficient (Wildman–Crippen LogP) is 1.68. The van der Waals surface area contributed by atoms with E-state index in [4.69, 9.17) is 0 Å². The molecule has 0 unspecified atom stereocenters. The van der Waals surface area contributed by atoms with E-state index >= 15 is 0 Å². The fourth-order valence-electron chi connectivity index (χ4n) is 0. The number of hydrogen-bond donors (Lipinski definition) is 0. The first-order chi connectivity index (χ1) is 2.00. The Bertz CT molecular complexity index is 19.1. The first-order valence-corrected chi connectivity index (χ1v) is 5.16. The molecule has 0 atom stereocenters. The summed E-state index contributed by atoms with van der Waals surface area (Å²) in [5.41, 5.74) is 0. The van der Waals surface area contributed by atoms with Crippen LogP contribution in [0.2, 0.25) is 0 Å². The first-order valence-electron chi connectivity index (χ1n) is 0.873. The van der Waals surface area contributed by atoms with Crippen LogP contribution in [-0.2, 0) is 28.5 Å². The molecule has 0 aromatic heterocycles. The van der Waals surface area contributed by atoms with Gasteiger partial charge in [0.25, 0.3) is 0 Å². The van der Waals surface area contributed by atoms with E-state index < -0.39 is 28.5 Å². The monoisotopic (exact) mass is 165 g/mol. The summed E-state index contributed by atoms with van der Waals surface area (Å²) in [7, 11) is 0. The molecule has 0 saturated carbocycles. The normalized spacial score (nSPS) is 12.0. The molecule has 5 heteroatoms. The van der Waals surface area contributed by atoms with E-state index in [-0.39, 0.29) is 0 Å². The summed E-state index contributed by atoms with van der Waals surface area (Å²) in [5.74, 6) is 0. The van der Waals surface area contributed by atoms with Crippen molar-refractivity contribution in [2.24, 2.45) is 0 Å². The third kappa shape index (κ3) is 56.7. The molecule has 0 heterocycles. The van der Waals surface area contributed by atoms with Gasteiger partial charge in [-0.1, -0.05) is 0 Å². The minimum atomic E-state index is -7.26. The Morgan fingerprint density at radius 1 is 0.800 bits per heavy atom. The van der Waals surface area contributed by atoms with Crippen LogP contribution < -0.4 is 0 Å². The molecular formula is F4Y. The van der Waals surface area contributed by atoms with Crippen LogP contribution in [0.5, 0.6) is 0 Å². The molecule has 0 radical (unpaired) electrons. The Hall–Kier alpha value is 0.824. The fourth-order valence-corrected chi connectivity index (χ4v) is 0. The topological polar surface area (TPSA) is 0 Å². The molecule has 5 heavy (non-hydrogen) atoms. The maximum atomic E-state index is 9.91. The Morgan fingerprint density at radius 2 is 0.800 bits per heavy atom. The van der Waals surface area contributed by atoms with Gasteiger partial charge in [-0.2, -0.15) is 0 Å². The third-order valence-corrected chi connectivity index (χ3v) is 0. The predicted molar refractivity (Wildman–Crippen MR) is 4.43 cm³/mol. The molecule has 0 aromatic carbocycles. The molecule has 0 aliphatic heterocycles. The van der Waals surface area contributed by atoms with Crippen LogP contribution in [0.3, 0.4) is 0 Å². The van der Waals surface area contributed by atoms with Gasteiger partial charge in [-0.25, -0.2) is 0 Å². The zero-order valence-corrected chi connectivity index (χ0v) is 4.93. The number of hydrogen-bond acceptors (Lipinski definition) is 0. The molecule has 0 saturated heterocycles. The van der Waals surface area contributed by atoms with Gasteiger partial charge in [0.05, 0.1) is 0 Å². The van der Waals surface area contributed by atoms with Gasteiger partial charge in [-0.3, -0.25) is 0 Å². The van der Waals surface area contributed by atoms with Gasteiger partial charge < -0.3 is 0 Å². The Kier molecular flexibility index (Phi) is 1.76. The molecule has 0 nitrogen and oxygen atoms in total. The van der Waals surface area contributed by atoms with Crippen LogP contribution in [0.25, 0.3) is 0 Å².